The summed E-state index contributed by atoms with van der Waals surface area (Å²) in [6.07, 6.45) is 5.02. The molecule has 2 atom stereocenters. The van der Waals surface area contributed by atoms with E-state index >= 15 is 0 Å². The van der Waals surface area contributed by atoms with Gasteiger partial charge < -0.3 is 157 Å². The quantitative estimate of drug-likeness (QED) is 0.0689. The molecule has 0 N–H and O–H groups in total. The van der Waals surface area contributed by atoms with E-state index in [2.05, 4.69) is 145 Å². The molecule has 0 aliphatic carbocycles. The average molecular weight is 1490 g/mol. The minimum atomic E-state index is -0.193. The van der Waals surface area contributed by atoms with Crippen LogP contribution in [-0.4, -0.2) is 220 Å². The van der Waals surface area contributed by atoms with Crippen molar-refractivity contribution in [3.8, 4) is 0 Å². The van der Waals surface area contributed by atoms with Crippen LogP contribution in [0.1, 0.15) is 81.1 Å². The van der Waals surface area contributed by atoms with E-state index < -0.39 is 0 Å². The summed E-state index contributed by atoms with van der Waals surface area (Å²) in [6, 6.07) is 3.53. The molecule has 71 heavy (non-hydrogen) atoms. The fourth-order valence-electron chi connectivity index (χ4n) is 6.05. The van der Waals surface area contributed by atoms with E-state index in [0.717, 1.165) is 182 Å². The van der Waals surface area contributed by atoms with Crippen LogP contribution in [0.25, 0.3) is 31.9 Å². The summed E-state index contributed by atoms with van der Waals surface area (Å²) >= 11 is 41.8. The predicted octanol–water partition coefficient (Wildman–Crippen LogP) is 6.00. The Hall–Kier alpha value is 3.71. The van der Waals surface area contributed by atoms with Crippen LogP contribution in [0.3, 0.4) is 0 Å². The normalized spacial score (nSPS) is 15.1. The molecule has 420 valence electrons. The predicted molar refractivity (Wildman–Crippen MR) is 305 cm³/mol. The topological polar surface area (TPSA) is 183 Å². The van der Waals surface area contributed by atoms with Gasteiger partial charge >= 0.3 is 89.4 Å². The van der Waals surface area contributed by atoms with Gasteiger partial charge in [0.1, 0.15) is 0 Å². The number of carbonyl (C=O) groups excluding carboxylic acids is 1. The van der Waals surface area contributed by atoms with Gasteiger partial charge in [-0.2, -0.15) is 87.1 Å². The van der Waals surface area contributed by atoms with Gasteiger partial charge in [-0.1, -0.05) is 19.3 Å². The molecule has 27 heteroatoms. The van der Waals surface area contributed by atoms with Crippen molar-refractivity contribution >= 4 is 107 Å². The number of likely N-dealkylation sites (tertiary alicyclic amines) is 2. The van der Waals surface area contributed by atoms with Crippen molar-refractivity contribution in [1.82, 2.24) is 19.6 Å². The van der Waals surface area contributed by atoms with Crippen molar-refractivity contribution in [3.63, 3.8) is 0 Å². The molecule has 15 nitrogen and oxygen atoms in total. The van der Waals surface area contributed by atoms with Crippen LogP contribution in [0.2, 0.25) is 0 Å². The number of hydrogen-bond donors (Lipinski definition) is 0. The number of nitrogens with zero attached hydrogens (tertiary/aromatic N) is 10. The molecule has 2 saturated heterocycles. The third kappa shape index (κ3) is 73.7. The van der Waals surface area contributed by atoms with Gasteiger partial charge in [-0.3, -0.25) is 0 Å². The van der Waals surface area contributed by atoms with Crippen LogP contribution in [-0.2, 0) is 195 Å². The molecule has 0 aromatic heterocycles. The van der Waals surface area contributed by atoms with Gasteiger partial charge in [-0.25, -0.2) is 0 Å². The van der Waals surface area contributed by atoms with Crippen LogP contribution in [0.5, 0.6) is 0 Å². The van der Waals surface area contributed by atoms with Gasteiger partial charge in [-0.05, 0) is 114 Å². The Kier molecular flexibility index (Phi) is 103. The Morgan fingerprint density at radius 3 is 1.23 bits per heavy atom. The average Bonchev–Trinajstić information content (AvgIpc) is 3.74. The summed E-state index contributed by atoms with van der Waals surface area (Å²) in [5, 5.41) is 24.8. The first-order chi connectivity index (χ1) is 34.1. The molecule has 2 aliphatic rings. The van der Waals surface area contributed by atoms with Crippen molar-refractivity contribution in [3.05, 3.63) is 31.9 Å². The van der Waals surface area contributed by atoms with Gasteiger partial charge in [0.15, 0.2) is 0 Å². The zero-order valence-electron chi connectivity index (χ0n) is 44.3. The molecule has 2 rings (SSSR count). The van der Waals surface area contributed by atoms with Crippen molar-refractivity contribution < 1.29 is 94.2 Å². The minimum absolute atomic E-state index is 0.0860. The van der Waals surface area contributed by atoms with E-state index in [1.165, 1.54) is 45.3 Å². The number of rotatable bonds is 27. The molecule has 0 saturated carbocycles. The number of carbonyl (C=O) groups is 1. The molecule has 0 bridgehead atoms. The maximum absolute atomic E-state index is 10.8. The second kappa shape index (κ2) is 80.2. The fraction of sp³-hybridized carbons (Fsp3) is 0.977. The van der Waals surface area contributed by atoms with E-state index in [9.17, 15) is 4.79 Å². The summed E-state index contributed by atoms with van der Waals surface area (Å²) < 4.78 is 32.9. The van der Waals surface area contributed by atoms with Gasteiger partial charge in [0.2, 0.25) is 0 Å². The molecule has 2 aliphatic heterocycles. The van der Waals surface area contributed by atoms with E-state index in [4.69, 9.17) is 77.2 Å². The Labute approximate surface area is 522 Å². The van der Waals surface area contributed by atoms with Crippen LogP contribution < -0.4 is 0 Å². The van der Waals surface area contributed by atoms with Crippen LogP contribution in [0, 0.1) is 0 Å². The van der Waals surface area contributed by atoms with Crippen molar-refractivity contribution in [2.24, 2.45) is 0 Å². The Balaban J connectivity index is -0.000000112. The summed E-state index contributed by atoms with van der Waals surface area (Å²) in [5.41, 5.74) is 0. The SMILES string of the molecule is CC(C)N(CC[S-])CC[N-]C(=O)C[S-].CC(C)N(CC[S-])CC[N-]CC[S-].CC(C)N1CCC[C@H]([N-]CC[S-])CC1.CC(C)N1CC[C@H]([N-]CC[S-])C1.C[N-]CC[S-].C[N-]CC[S-].[O]=[Tc+4].[O]=[Tc+4].[O]=[Tc+4].[O]=[Tc+4]. The Morgan fingerprint density at radius 1 is 0.493 bits per heavy atom. The fourth-order valence-corrected chi connectivity index (χ4v) is 7.32. The van der Waals surface area contributed by atoms with Gasteiger partial charge in [0, 0.05) is 30.1 Å². The first-order valence-electron chi connectivity index (χ1n) is 23.6. The van der Waals surface area contributed by atoms with Crippen molar-refractivity contribution in [2.75, 3.05) is 158 Å². The van der Waals surface area contributed by atoms with E-state index in [1.54, 1.807) is 14.1 Å². The zero-order valence-corrected chi connectivity index (χ0v) is 58.3. The van der Waals surface area contributed by atoms with Gasteiger partial charge in [0.05, 0.1) is 0 Å². The molecule has 0 radical (unpaired) electrons. The molecule has 0 aromatic carbocycles. The molecule has 0 spiro atoms. The molecule has 0 unspecified atom stereocenters. The van der Waals surface area contributed by atoms with Gasteiger partial charge in [0.25, 0.3) is 0 Å². The number of hydrogen-bond acceptors (Lipinski definition) is 17. The third-order valence-corrected chi connectivity index (χ3v) is 11.3. The van der Waals surface area contributed by atoms with Gasteiger partial charge in [-0.15, -0.1) is 30.9 Å². The summed E-state index contributed by atoms with van der Waals surface area (Å²) in [4.78, 5) is 20.4. The van der Waals surface area contributed by atoms with Crippen molar-refractivity contribution in [2.45, 2.75) is 117 Å². The molecule has 2 heterocycles. The summed E-state index contributed by atoms with van der Waals surface area (Å²) in [6.45, 7) is 31.8. The van der Waals surface area contributed by atoms with E-state index in [0.29, 0.717) is 48.5 Å². The summed E-state index contributed by atoms with van der Waals surface area (Å²) in [5.74, 6) is 5.23. The molecule has 0 aromatic rings. The van der Waals surface area contributed by atoms with Crippen LogP contribution in [0.4, 0.5) is 0 Å². The van der Waals surface area contributed by atoms with Crippen LogP contribution in [0.15, 0.2) is 0 Å². The Bertz CT molecular complexity index is 993. The molecular weight excluding hydrogens is 1400 g/mol. The Morgan fingerprint density at radius 2 is 0.887 bits per heavy atom. The first kappa shape index (κ1) is 91.2. The molecule has 1 amide bonds. The third-order valence-electron chi connectivity index (χ3n) is 9.79. The molecule has 2 fully saturated rings. The second-order valence-electron chi connectivity index (χ2n) is 15.9. The van der Waals surface area contributed by atoms with Crippen molar-refractivity contribution in [1.29, 1.82) is 0 Å². The monoisotopic (exact) mass is 1480 g/mol. The number of amides is 1. The second-order valence-corrected chi connectivity index (χ2v) is 19.1. The standard InChI is InChI=1S/C11H23N2S.C9H20N2OS2.C9H21N2S2.C9H19N2S.2C3H8NS.4O.4Tc/c1-10(2)13-7-3-4-11(5-8-13)12-6-9-14;1-8(2)11(5-6-13)4-3-10-9(12)7-14;1-9(2)11(6-8-13)5-3-10-4-7-12;1-8(2)11-5-3-9(7-11)10-4-6-12;2*1-4-2-3-5;;;;;;;;/h10-11,14H,3-9H2,1-2H3;8H,3-7H2,1-2H3,(H3,10,12,13,14);9,12-13H,3-8H2,1-2H3;8-9,12H,3-7H2,1-2H3;2*5H,2-3H2,1H3;;;;;;;;/q-1;;4*-1;;;;;4*+4/p-9/t11-;;;9-;;;;;;;;;;/m0..0........../s1. The van der Waals surface area contributed by atoms with Crippen LogP contribution >= 0.6 is 0 Å². The van der Waals surface area contributed by atoms with E-state index in [1.807, 2.05) is 0 Å². The molecular formula is C44H90N10O5S8Tc4+2. The first-order valence-corrected chi connectivity index (χ1v) is 31.3. The summed E-state index contributed by atoms with van der Waals surface area (Å²) in [7, 11) is 3.54. The maximum atomic E-state index is 10.8. The zero-order chi connectivity index (χ0) is 56.7. The van der Waals surface area contributed by atoms with E-state index in [-0.39, 0.29) is 11.7 Å².